The molecule has 0 bridgehead atoms. The normalized spacial score (nSPS) is 12.2. The Hall–Kier alpha value is -1.62. The van der Waals surface area contributed by atoms with Crippen LogP contribution in [0.2, 0.25) is 0 Å². The Labute approximate surface area is 79.9 Å². The Bertz CT molecular complexity index is 390. The van der Waals surface area contributed by atoms with Crippen LogP contribution >= 0.6 is 0 Å². The van der Waals surface area contributed by atoms with E-state index in [9.17, 15) is 9.59 Å². The van der Waals surface area contributed by atoms with E-state index in [4.69, 9.17) is 9.52 Å². The lowest BCUT2D eigenvalue weighted by atomic mass is 10.3. The molecule has 1 aromatic heterocycles. The van der Waals surface area contributed by atoms with Crippen LogP contribution in [0, 0.1) is 6.92 Å². The minimum Gasteiger partial charge on any atom is -0.465 e. The Morgan fingerprint density at radius 1 is 1.64 bits per heavy atom. The fourth-order valence-corrected chi connectivity index (χ4v) is 0.809. The van der Waals surface area contributed by atoms with Gasteiger partial charge in [-0.25, -0.2) is 4.79 Å². The Balaban J connectivity index is 2.97. The molecule has 1 rings (SSSR count). The smallest absolute Gasteiger partial charge is 0.340 e. The molecule has 0 saturated carbocycles. The van der Waals surface area contributed by atoms with Crippen LogP contribution in [-0.4, -0.2) is 17.2 Å². The molecule has 1 unspecified atom stereocenters. The number of carbonyl (C=O) groups is 1. The summed E-state index contributed by atoms with van der Waals surface area (Å²) in [5.41, 5.74) is -0.456. The predicted molar refractivity (Wildman–Crippen MR) is 47.0 cm³/mol. The van der Waals surface area contributed by atoms with E-state index in [2.05, 4.69) is 4.74 Å². The monoisotopic (exact) mass is 198 g/mol. The van der Waals surface area contributed by atoms with Crippen molar-refractivity contribution in [2.45, 2.75) is 20.0 Å². The van der Waals surface area contributed by atoms with Gasteiger partial charge in [0.1, 0.15) is 11.9 Å². The first-order valence-electron chi connectivity index (χ1n) is 4.00. The van der Waals surface area contributed by atoms with Gasteiger partial charge in [-0.05, 0) is 13.8 Å². The Kier molecular flexibility index (Phi) is 3.03. The molecule has 0 amide bonds. The highest BCUT2D eigenvalue weighted by Crippen LogP contribution is 2.11. The van der Waals surface area contributed by atoms with E-state index in [1.165, 1.54) is 20.1 Å². The van der Waals surface area contributed by atoms with Crippen LogP contribution in [0.15, 0.2) is 21.5 Å². The molecule has 0 fully saturated rings. The second-order valence-electron chi connectivity index (χ2n) is 2.77. The molecule has 0 aliphatic carbocycles. The minimum absolute atomic E-state index is 0.182. The number of aryl methyl sites for hydroxylation is 1. The van der Waals surface area contributed by atoms with Crippen molar-refractivity contribution < 1.29 is 19.1 Å². The minimum atomic E-state index is -1.27. The zero-order valence-electron chi connectivity index (χ0n) is 7.81. The van der Waals surface area contributed by atoms with Crippen LogP contribution in [0.25, 0.3) is 0 Å². The van der Waals surface area contributed by atoms with Crippen LogP contribution in [0.1, 0.15) is 12.7 Å². The standard InChI is InChI=1S/C9H10O5/c1-5(10)9(12)14-8-6(2)13-4-3-7(8)11/h3-5,10H,1-2H3. The molecule has 5 nitrogen and oxygen atoms in total. The van der Waals surface area contributed by atoms with Gasteiger partial charge in [0, 0.05) is 6.07 Å². The van der Waals surface area contributed by atoms with Crippen molar-refractivity contribution in [1.29, 1.82) is 0 Å². The lowest BCUT2D eigenvalue weighted by Gasteiger charge is -2.06. The van der Waals surface area contributed by atoms with E-state index in [1.54, 1.807) is 0 Å². The van der Waals surface area contributed by atoms with Gasteiger partial charge in [0.15, 0.2) is 0 Å². The first-order valence-corrected chi connectivity index (χ1v) is 4.00. The third-order valence-corrected chi connectivity index (χ3v) is 1.55. The topological polar surface area (TPSA) is 76.7 Å². The van der Waals surface area contributed by atoms with Crippen molar-refractivity contribution in [2.75, 3.05) is 0 Å². The summed E-state index contributed by atoms with van der Waals surface area (Å²) in [4.78, 5) is 22.1. The van der Waals surface area contributed by atoms with Crippen molar-refractivity contribution in [3.05, 3.63) is 28.3 Å². The predicted octanol–water partition coefficient (Wildman–Crippen LogP) is 0.234. The summed E-state index contributed by atoms with van der Waals surface area (Å²) in [6, 6.07) is 1.14. The molecule has 0 aliphatic rings. The first-order chi connectivity index (χ1) is 6.52. The number of hydrogen-bond acceptors (Lipinski definition) is 5. The second kappa shape index (κ2) is 4.06. The first kappa shape index (κ1) is 10.5. The SMILES string of the molecule is Cc1occc(=O)c1OC(=O)C(C)O. The van der Waals surface area contributed by atoms with Gasteiger partial charge in [-0.1, -0.05) is 0 Å². The highest BCUT2D eigenvalue weighted by molar-refractivity contribution is 5.76. The number of esters is 1. The van der Waals surface area contributed by atoms with Crippen LogP contribution in [-0.2, 0) is 4.79 Å². The van der Waals surface area contributed by atoms with E-state index >= 15 is 0 Å². The maximum atomic E-state index is 11.2. The van der Waals surface area contributed by atoms with Crippen molar-refractivity contribution >= 4 is 5.97 Å². The Morgan fingerprint density at radius 2 is 2.29 bits per heavy atom. The molecule has 1 aromatic rings. The second-order valence-corrected chi connectivity index (χ2v) is 2.77. The number of rotatable bonds is 2. The van der Waals surface area contributed by atoms with Gasteiger partial charge in [-0.15, -0.1) is 0 Å². The van der Waals surface area contributed by atoms with E-state index in [1.807, 2.05) is 0 Å². The Morgan fingerprint density at radius 3 is 2.79 bits per heavy atom. The summed E-state index contributed by atoms with van der Waals surface area (Å²) in [7, 11) is 0. The number of aliphatic hydroxyl groups is 1. The average molecular weight is 198 g/mol. The fraction of sp³-hybridized carbons (Fsp3) is 0.333. The van der Waals surface area contributed by atoms with Crippen molar-refractivity contribution in [3.8, 4) is 5.75 Å². The highest BCUT2D eigenvalue weighted by atomic mass is 16.6. The maximum Gasteiger partial charge on any atom is 0.340 e. The van der Waals surface area contributed by atoms with Crippen LogP contribution in [0.4, 0.5) is 0 Å². The zero-order valence-corrected chi connectivity index (χ0v) is 7.81. The largest absolute Gasteiger partial charge is 0.465 e. The third-order valence-electron chi connectivity index (χ3n) is 1.55. The van der Waals surface area contributed by atoms with Crippen LogP contribution in [0.3, 0.4) is 0 Å². The zero-order chi connectivity index (χ0) is 10.7. The summed E-state index contributed by atoms with van der Waals surface area (Å²) < 4.78 is 9.50. The molecular formula is C9H10O5. The van der Waals surface area contributed by atoms with Gasteiger partial charge in [0.05, 0.1) is 6.26 Å². The van der Waals surface area contributed by atoms with E-state index in [-0.39, 0.29) is 11.5 Å². The number of hydrogen-bond donors (Lipinski definition) is 1. The fourth-order valence-electron chi connectivity index (χ4n) is 0.809. The molecular weight excluding hydrogens is 188 g/mol. The van der Waals surface area contributed by atoms with Gasteiger partial charge in [0.25, 0.3) is 0 Å². The van der Waals surface area contributed by atoms with E-state index in [0.717, 1.165) is 6.07 Å². The van der Waals surface area contributed by atoms with Crippen molar-refractivity contribution in [1.82, 2.24) is 0 Å². The summed E-state index contributed by atoms with van der Waals surface area (Å²) in [6.07, 6.45) is -0.0637. The molecule has 0 radical (unpaired) electrons. The molecule has 1 heterocycles. The number of carbonyl (C=O) groups excluding carboxylic acids is 1. The molecule has 0 aromatic carbocycles. The lowest BCUT2D eigenvalue weighted by molar-refractivity contribution is -0.142. The van der Waals surface area contributed by atoms with Gasteiger partial charge in [-0.3, -0.25) is 4.79 Å². The number of aliphatic hydroxyl groups excluding tert-OH is 1. The molecule has 0 saturated heterocycles. The van der Waals surface area contributed by atoms with E-state index < -0.39 is 17.5 Å². The quantitative estimate of drug-likeness (QED) is 0.688. The molecule has 5 heteroatoms. The summed E-state index contributed by atoms with van der Waals surface area (Å²) in [6.45, 7) is 2.74. The number of ether oxygens (including phenoxy) is 1. The molecule has 76 valence electrons. The maximum absolute atomic E-state index is 11.2. The summed E-state index contributed by atoms with van der Waals surface area (Å²) >= 11 is 0. The van der Waals surface area contributed by atoms with E-state index in [0.29, 0.717) is 0 Å². The highest BCUT2D eigenvalue weighted by Gasteiger charge is 2.15. The molecule has 0 aliphatic heterocycles. The summed E-state index contributed by atoms with van der Waals surface area (Å²) in [5.74, 6) is -0.864. The molecule has 0 spiro atoms. The van der Waals surface area contributed by atoms with Crippen molar-refractivity contribution in [2.24, 2.45) is 0 Å². The lowest BCUT2D eigenvalue weighted by Crippen LogP contribution is -2.25. The van der Waals surface area contributed by atoms with Gasteiger partial charge >= 0.3 is 5.97 Å². The van der Waals surface area contributed by atoms with Gasteiger partial charge in [0.2, 0.25) is 11.2 Å². The van der Waals surface area contributed by atoms with Crippen molar-refractivity contribution in [3.63, 3.8) is 0 Å². The average Bonchev–Trinajstić information content (AvgIpc) is 2.11. The van der Waals surface area contributed by atoms with Crippen LogP contribution in [0.5, 0.6) is 5.75 Å². The molecule has 1 atom stereocenters. The summed E-state index contributed by atoms with van der Waals surface area (Å²) in [5, 5.41) is 8.86. The third kappa shape index (κ3) is 2.20. The van der Waals surface area contributed by atoms with Gasteiger partial charge in [-0.2, -0.15) is 0 Å². The van der Waals surface area contributed by atoms with Crippen LogP contribution < -0.4 is 10.2 Å². The molecule has 1 N–H and O–H groups in total. The molecule has 14 heavy (non-hydrogen) atoms. The van der Waals surface area contributed by atoms with Gasteiger partial charge < -0.3 is 14.3 Å².